The van der Waals surface area contributed by atoms with Crippen molar-refractivity contribution in [1.29, 1.82) is 0 Å². The molecule has 0 saturated carbocycles. The van der Waals surface area contributed by atoms with Gasteiger partial charge in [0.1, 0.15) is 0 Å². The molecule has 4 heterocycles. The molecule has 0 radical (unpaired) electrons. The fraction of sp³-hybridized carbons (Fsp3) is 0.273. The van der Waals surface area contributed by atoms with E-state index in [0.29, 0.717) is 11.8 Å². The molecule has 31 heavy (non-hydrogen) atoms. The highest BCUT2D eigenvalue weighted by Crippen LogP contribution is 2.30. The molecule has 1 saturated heterocycles. The minimum atomic E-state index is 0.424. The Bertz CT molecular complexity index is 1270. The highest BCUT2D eigenvalue weighted by atomic mass is 32.2. The summed E-state index contributed by atoms with van der Waals surface area (Å²) < 4.78 is 7.34. The predicted octanol–water partition coefficient (Wildman–Crippen LogP) is 4.22. The third-order valence-electron chi connectivity index (χ3n) is 5.39. The van der Waals surface area contributed by atoms with E-state index in [1.54, 1.807) is 6.92 Å². The van der Waals surface area contributed by atoms with Crippen LogP contribution < -0.4 is 5.32 Å². The lowest BCUT2D eigenvalue weighted by Gasteiger charge is -2.24. The Morgan fingerprint density at radius 3 is 2.90 bits per heavy atom. The van der Waals surface area contributed by atoms with E-state index in [2.05, 4.69) is 37.8 Å². The van der Waals surface area contributed by atoms with Crippen molar-refractivity contribution in [1.82, 2.24) is 19.6 Å². The molecule has 158 valence electrons. The number of pyridine rings is 2. The molecule has 0 aliphatic carbocycles. The van der Waals surface area contributed by atoms with E-state index >= 15 is 0 Å². The smallest absolute Gasteiger partial charge is 0.200 e. The average molecular weight is 435 g/mol. The van der Waals surface area contributed by atoms with E-state index in [0.717, 1.165) is 63.9 Å². The van der Waals surface area contributed by atoms with Crippen LogP contribution >= 0.6 is 11.8 Å². The minimum absolute atomic E-state index is 0.424. The van der Waals surface area contributed by atoms with Crippen molar-refractivity contribution < 1.29 is 9.94 Å². The Morgan fingerprint density at radius 2 is 2.06 bits per heavy atom. The first-order valence-corrected chi connectivity index (χ1v) is 11.0. The molecule has 9 heteroatoms. The topological polar surface area (TPSA) is 96.9 Å². The number of ether oxygens (including phenoxy) is 1. The lowest BCUT2D eigenvalue weighted by Crippen LogP contribution is -2.27. The number of oxime groups is 1. The molecule has 2 N–H and O–H groups in total. The lowest BCUT2D eigenvalue weighted by molar-refractivity contribution is 0.0904. The van der Waals surface area contributed by atoms with E-state index in [1.807, 2.05) is 41.1 Å². The van der Waals surface area contributed by atoms with Gasteiger partial charge in [-0.15, -0.1) is 10.2 Å². The van der Waals surface area contributed by atoms with Crippen LogP contribution in [0.15, 0.2) is 64.0 Å². The number of aromatic nitrogens is 4. The van der Waals surface area contributed by atoms with E-state index < -0.39 is 0 Å². The summed E-state index contributed by atoms with van der Waals surface area (Å²) >= 11 is 1.53. The van der Waals surface area contributed by atoms with Crippen molar-refractivity contribution in [2.24, 2.45) is 5.16 Å². The Balaban J connectivity index is 1.42. The van der Waals surface area contributed by atoms with Crippen LogP contribution in [-0.2, 0) is 4.74 Å². The Morgan fingerprint density at radius 1 is 1.19 bits per heavy atom. The minimum Gasteiger partial charge on any atom is -0.411 e. The number of hydrogen-bond donors (Lipinski definition) is 2. The maximum atomic E-state index is 9.07. The molecule has 0 unspecified atom stereocenters. The zero-order valence-corrected chi connectivity index (χ0v) is 17.8. The van der Waals surface area contributed by atoms with E-state index in [9.17, 15) is 0 Å². The molecule has 3 aromatic heterocycles. The maximum absolute atomic E-state index is 9.07. The molecule has 0 amide bonds. The SMILES string of the molecule is C/C(=N/O)c1ccc2nnc(Sc3ccc4ncc(NC5CCOCC5)cc4c3)n2c1. The summed E-state index contributed by atoms with van der Waals surface area (Å²) in [5.74, 6) is 0. The largest absolute Gasteiger partial charge is 0.411 e. The van der Waals surface area contributed by atoms with Crippen LogP contribution in [0.4, 0.5) is 5.69 Å². The maximum Gasteiger partial charge on any atom is 0.200 e. The summed E-state index contributed by atoms with van der Waals surface area (Å²) in [6.07, 6.45) is 5.79. The first-order valence-electron chi connectivity index (χ1n) is 10.2. The molecule has 1 fully saturated rings. The van der Waals surface area contributed by atoms with Crippen molar-refractivity contribution in [2.75, 3.05) is 18.5 Å². The third-order valence-corrected chi connectivity index (χ3v) is 6.34. The first-order chi connectivity index (χ1) is 15.2. The number of nitrogens with one attached hydrogen (secondary N) is 1. The van der Waals surface area contributed by atoms with Crippen LogP contribution in [0.1, 0.15) is 25.3 Å². The van der Waals surface area contributed by atoms with Crippen molar-refractivity contribution in [3.63, 3.8) is 0 Å². The van der Waals surface area contributed by atoms with Gasteiger partial charge in [0.25, 0.3) is 0 Å². The van der Waals surface area contributed by atoms with Crippen LogP contribution in [0.2, 0.25) is 0 Å². The van der Waals surface area contributed by atoms with Gasteiger partial charge < -0.3 is 15.3 Å². The number of hydrogen-bond acceptors (Lipinski definition) is 8. The van der Waals surface area contributed by atoms with Gasteiger partial charge in [-0.1, -0.05) is 5.16 Å². The molecule has 0 spiro atoms. The van der Waals surface area contributed by atoms with Gasteiger partial charge in [0, 0.05) is 41.3 Å². The average Bonchev–Trinajstić information content (AvgIpc) is 3.21. The number of anilines is 1. The highest BCUT2D eigenvalue weighted by Gasteiger charge is 2.14. The molecule has 1 aliphatic rings. The second kappa shape index (κ2) is 8.52. The number of benzene rings is 1. The molecule has 4 aromatic rings. The summed E-state index contributed by atoms with van der Waals surface area (Å²) in [6.45, 7) is 3.36. The number of nitrogens with zero attached hydrogens (tertiary/aromatic N) is 5. The molecule has 0 atom stereocenters. The Kier molecular flexibility index (Phi) is 5.44. The lowest BCUT2D eigenvalue weighted by atomic mass is 10.1. The first kappa shape index (κ1) is 19.8. The van der Waals surface area contributed by atoms with Gasteiger partial charge >= 0.3 is 0 Å². The Hall–Kier alpha value is -3.17. The molecular weight excluding hydrogens is 412 g/mol. The van der Waals surface area contributed by atoms with E-state index in [4.69, 9.17) is 9.94 Å². The zero-order chi connectivity index (χ0) is 21.2. The fourth-order valence-corrected chi connectivity index (χ4v) is 4.51. The molecule has 8 nitrogen and oxygen atoms in total. The summed E-state index contributed by atoms with van der Waals surface area (Å²) in [5.41, 5.74) is 4.06. The third kappa shape index (κ3) is 4.19. The van der Waals surface area contributed by atoms with Crippen LogP contribution in [0.25, 0.3) is 16.6 Å². The van der Waals surface area contributed by atoms with E-state index in [-0.39, 0.29) is 0 Å². The second-order valence-electron chi connectivity index (χ2n) is 7.53. The second-order valence-corrected chi connectivity index (χ2v) is 8.57. The van der Waals surface area contributed by atoms with Crippen molar-refractivity contribution in [2.45, 2.75) is 35.9 Å². The summed E-state index contributed by atoms with van der Waals surface area (Å²) in [7, 11) is 0. The van der Waals surface area contributed by atoms with Gasteiger partial charge in [-0.25, -0.2) is 0 Å². The molecule has 1 aliphatic heterocycles. The van der Waals surface area contributed by atoms with Crippen LogP contribution in [0.5, 0.6) is 0 Å². The van der Waals surface area contributed by atoms with Crippen molar-refractivity contribution >= 4 is 39.7 Å². The highest BCUT2D eigenvalue weighted by molar-refractivity contribution is 7.99. The van der Waals surface area contributed by atoms with E-state index in [1.165, 1.54) is 11.8 Å². The zero-order valence-electron chi connectivity index (χ0n) is 17.0. The number of fused-ring (bicyclic) bond motifs is 2. The number of rotatable bonds is 5. The monoisotopic (exact) mass is 434 g/mol. The molecular formula is C22H22N6O2S. The standard InChI is InChI=1S/C22H22N6O2S/c1-14(27-29)15-2-5-21-25-26-22(28(21)13-15)31-19-3-4-20-16(11-19)10-18(12-23-20)24-17-6-8-30-9-7-17/h2-5,10-13,17,24,29H,6-9H2,1H3/b27-14-. The van der Waals surface area contributed by atoms with Crippen molar-refractivity contribution in [3.05, 3.63) is 54.4 Å². The van der Waals surface area contributed by atoms with Gasteiger partial charge in [0.2, 0.25) is 0 Å². The molecule has 0 bridgehead atoms. The van der Waals surface area contributed by atoms with Gasteiger partial charge in [-0.2, -0.15) is 0 Å². The fourth-order valence-electron chi connectivity index (χ4n) is 3.65. The molecule has 5 rings (SSSR count). The van der Waals surface area contributed by atoms with Crippen LogP contribution in [-0.4, -0.2) is 49.8 Å². The van der Waals surface area contributed by atoms with Gasteiger partial charge in [-0.3, -0.25) is 9.38 Å². The van der Waals surface area contributed by atoms with Gasteiger partial charge in [0.05, 0.1) is 23.1 Å². The summed E-state index contributed by atoms with van der Waals surface area (Å²) in [5, 5.41) is 26.3. The van der Waals surface area contributed by atoms with Gasteiger partial charge in [-0.05, 0) is 67.9 Å². The summed E-state index contributed by atoms with van der Waals surface area (Å²) in [4.78, 5) is 5.65. The van der Waals surface area contributed by atoms with Crippen LogP contribution in [0.3, 0.4) is 0 Å². The quantitative estimate of drug-likeness (QED) is 0.276. The van der Waals surface area contributed by atoms with Crippen molar-refractivity contribution in [3.8, 4) is 0 Å². The van der Waals surface area contributed by atoms with Gasteiger partial charge in [0.15, 0.2) is 10.8 Å². The predicted molar refractivity (Wildman–Crippen MR) is 120 cm³/mol. The van der Waals surface area contributed by atoms with Crippen LogP contribution in [0, 0.1) is 0 Å². The summed E-state index contributed by atoms with van der Waals surface area (Å²) in [6, 6.07) is 12.5. The normalized spacial score (nSPS) is 15.6. The Labute approximate surface area is 183 Å². The molecule has 1 aromatic carbocycles.